The average molecular weight is 559 g/mol. The average Bonchev–Trinajstić information content (AvgIpc) is 3.47. The quantitative estimate of drug-likeness (QED) is 0.318. The van der Waals surface area contributed by atoms with Crippen LogP contribution < -0.4 is 24.8 Å². The van der Waals surface area contributed by atoms with Crippen molar-refractivity contribution in [1.29, 1.82) is 0 Å². The van der Waals surface area contributed by atoms with Gasteiger partial charge in [-0.05, 0) is 0 Å². The summed E-state index contributed by atoms with van der Waals surface area (Å²) in [5, 5.41) is 2.65. The third-order valence-corrected chi connectivity index (χ3v) is 11.8. The molecular weight excluding hydrogens is 527 g/mol. The van der Waals surface area contributed by atoms with Crippen molar-refractivity contribution in [3.8, 4) is 11.1 Å². The second-order valence-corrected chi connectivity index (χ2v) is 15.7. The van der Waals surface area contributed by atoms with Gasteiger partial charge in [0.25, 0.3) is 0 Å². The van der Waals surface area contributed by atoms with Crippen molar-refractivity contribution in [2.24, 2.45) is 5.92 Å². The summed E-state index contributed by atoms with van der Waals surface area (Å²) < 4.78 is 0. The first kappa shape index (κ1) is 29.2. The minimum atomic E-state index is 0. The first-order chi connectivity index (χ1) is 14.5. The Kier molecular flexibility index (Phi) is 13.2. The minimum Gasteiger partial charge on any atom is -0.150 e. The molecule has 0 radical (unpaired) electrons. The molecule has 1 saturated heterocycles. The molecule has 0 N–H and O–H groups in total. The second kappa shape index (κ2) is 14.5. The van der Waals surface area contributed by atoms with E-state index in [1.165, 1.54) is 38.6 Å². The van der Waals surface area contributed by atoms with E-state index in [0.29, 0.717) is 11.4 Å². The van der Waals surface area contributed by atoms with E-state index in [-0.39, 0.29) is 24.8 Å². The number of halogens is 2. The van der Waals surface area contributed by atoms with Crippen LogP contribution in [0.15, 0.2) is 83.4 Å². The van der Waals surface area contributed by atoms with Crippen molar-refractivity contribution >= 4 is 16.2 Å². The van der Waals surface area contributed by atoms with Gasteiger partial charge in [0.05, 0.1) is 0 Å². The molecule has 1 aliphatic carbocycles. The van der Waals surface area contributed by atoms with Gasteiger partial charge in [-0.25, -0.2) is 5.57 Å². The Labute approximate surface area is 222 Å². The molecule has 3 aromatic carbocycles. The Morgan fingerprint density at radius 1 is 0.906 bits per heavy atom. The van der Waals surface area contributed by atoms with Crippen molar-refractivity contribution in [2.45, 2.75) is 52.6 Å². The largest absolute Gasteiger partial charge is 0.150 e. The summed E-state index contributed by atoms with van der Waals surface area (Å²) in [4.78, 5) is 0. The van der Waals surface area contributed by atoms with Crippen molar-refractivity contribution < 1.29 is 48.1 Å². The maximum atomic E-state index is 3.36. The van der Waals surface area contributed by atoms with Crippen LogP contribution >= 0.6 is 0 Å². The van der Waals surface area contributed by atoms with Gasteiger partial charge < -0.3 is 24.8 Å². The number of fused-ring (bicyclic) bond motifs is 1. The Morgan fingerprint density at radius 2 is 1.50 bits per heavy atom. The van der Waals surface area contributed by atoms with E-state index < -0.39 is 0 Å². The monoisotopic (exact) mass is 556 g/mol. The van der Waals surface area contributed by atoms with E-state index in [1.54, 1.807) is 24.9 Å². The Hall–Kier alpha value is -0.790. The van der Waals surface area contributed by atoms with E-state index in [9.17, 15) is 0 Å². The van der Waals surface area contributed by atoms with Crippen molar-refractivity contribution in [1.82, 2.24) is 0 Å². The van der Waals surface area contributed by atoms with Crippen LogP contribution in [0.3, 0.4) is 0 Å². The van der Waals surface area contributed by atoms with Crippen LogP contribution in [0, 0.1) is 12.0 Å². The SMILES string of the molecule is CC1=[C-]C(C)C(C)=C1C.[Cl-].[Cl-].[Zr+2]=[Si]1CCCC1.c1ccc(-c2c[cH-]c3ccccc23)cc1. The number of rotatable bonds is 1. The van der Waals surface area contributed by atoms with Crippen LogP contribution in [-0.2, 0) is 23.3 Å². The molecule has 0 amide bonds. The normalized spacial score (nSPS) is 16.9. The van der Waals surface area contributed by atoms with Crippen LogP contribution in [0.2, 0.25) is 12.1 Å². The van der Waals surface area contributed by atoms with Gasteiger partial charge in [-0.3, -0.25) is 6.08 Å². The molecule has 1 atom stereocenters. The molecule has 0 nitrogen and oxygen atoms in total. The molecule has 1 unspecified atom stereocenters. The van der Waals surface area contributed by atoms with E-state index >= 15 is 0 Å². The molecule has 32 heavy (non-hydrogen) atoms. The molecule has 5 rings (SSSR count). The van der Waals surface area contributed by atoms with Crippen molar-refractivity contribution in [3.05, 3.63) is 89.5 Å². The van der Waals surface area contributed by atoms with E-state index in [1.807, 2.05) is 23.3 Å². The maximum absolute atomic E-state index is 3.36. The van der Waals surface area contributed by atoms with Gasteiger partial charge in [0, 0.05) is 0 Å². The smallest absolute Gasteiger partial charge is 0.0623 e. The fourth-order valence-electron chi connectivity index (χ4n) is 3.98. The molecular formula is C28H32Cl2SiZr-2. The van der Waals surface area contributed by atoms with Crippen LogP contribution in [0.5, 0.6) is 0 Å². The van der Waals surface area contributed by atoms with E-state index in [0.717, 1.165) is 0 Å². The fraction of sp³-hybridized carbons (Fsp3) is 0.321. The second-order valence-electron chi connectivity index (χ2n) is 8.31. The summed E-state index contributed by atoms with van der Waals surface area (Å²) in [6, 6.07) is 26.7. The summed E-state index contributed by atoms with van der Waals surface area (Å²) >= 11 is 1.87. The molecule has 0 saturated carbocycles. The zero-order chi connectivity index (χ0) is 21.5. The zero-order valence-electron chi connectivity index (χ0n) is 19.5. The first-order valence-corrected chi connectivity index (χ1v) is 16.6. The number of hydrogen-bond donors (Lipinski definition) is 0. The molecule has 168 valence electrons. The van der Waals surface area contributed by atoms with Gasteiger partial charge in [0.2, 0.25) is 0 Å². The predicted octanol–water partition coefficient (Wildman–Crippen LogP) is 2.27. The summed E-state index contributed by atoms with van der Waals surface area (Å²) in [5.41, 5.74) is 7.19. The molecule has 3 aromatic rings. The standard InChI is InChI=1S/C15H11.C9H13.C4H8Si.2ClH.Zr/c1-2-6-12(7-3-1)15-11-10-13-8-4-5-9-14(13)15;1-6-5-7(2)9(4)8(6)3;1-2-4-5-3-1;;;/h1-11H;6H,1-4H3;1-4H2;2*1H;/q2*-1;;;;+2/p-2. The summed E-state index contributed by atoms with van der Waals surface area (Å²) in [6.07, 6.45) is 6.47. The van der Waals surface area contributed by atoms with Crippen LogP contribution in [0.25, 0.3) is 21.9 Å². The summed E-state index contributed by atoms with van der Waals surface area (Å²) in [6.45, 7) is 8.67. The van der Waals surface area contributed by atoms with Gasteiger partial charge >= 0.3 is 53.7 Å². The van der Waals surface area contributed by atoms with Crippen LogP contribution in [-0.4, -0.2) is 5.43 Å². The van der Waals surface area contributed by atoms with Crippen molar-refractivity contribution in [3.63, 3.8) is 0 Å². The molecule has 1 aliphatic heterocycles. The molecule has 4 heteroatoms. The van der Waals surface area contributed by atoms with Crippen molar-refractivity contribution in [2.75, 3.05) is 0 Å². The minimum absolute atomic E-state index is 0. The Balaban J connectivity index is 0.000000260. The molecule has 0 spiro atoms. The summed E-state index contributed by atoms with van der Waals surface area (Å²) in [5.74, 6) is 0.560. The first-order valence-electron chi connectivity index (χ1n) is 11.0. The zero-order valence-corrected chi connectivity index (χ0v) is 24.5. The molecule has 1 fully saturated rings. The third kappa shape index (κ3) is 7.91. The van der Waals surface area contributed by atoms with Gasteiger partial charge in [0.1, 0.15) is 0 Å². The summed E-state index contributed by atoms with van der Waals surface area (Å²) in [7, 11) is 0. The van der Waals surface area contributed by atoms with Crippen LogP contribution in [0.1, 0.15) is 40.5 Å². The van der Waals surface area contributed by atoms with Gasteiger partial charge in [-0.2, -0.15) is 11.1 Å². The molecule has 2 aliphatic rings. The van der Waals surface area contributed by atoms with E-state index in [4.69, 9.17) is 0 Å². The number of hydrogen-bond acceptors (Lipinski definition) is 0. The maximum Gasteiger partial charge on any atom is -0.0623 e. The Bertz CT molecular complexity index is 1060. The fourth-order valence-corrected chi connectivity index (χ4v) is 8.19. The van der Waals surface area contributed by atoms with Gasteiger partial charge in [-0.1, -0.05) is 68.7 Å². The molecule has 1 heterocycles. The van der Waals surface area contributed by atoms with E-state index in [2.05, 4.69) is 101 Å². The third-order valence-electron chi connectivity index (χ3n) is 6.21. The number of benzene rings is 2. The predicted molar refractivity (Wildman–Crippen MR) is 130 cm³/mol. The number of allylic oxidation sites excluding steroid dienone is 4. The van der Waals surface area contributed by atoms with Gasteiger partial charge in [0.15, 0.2) is 0 Å². The molecule has 0 aromatic heterocycles. The topological polar surface area (TPSA) is 0 Å². The van der Waals surface area contributed by atoms with Gasteiger partial charge in [-0.15, -0.1) is 53.6 Å². The van der Waals surface area contributed by atoms with Crippen LogP contribution in [0.4, 0.5) is 0 Å². The Morgan fingerprint density at radius 3 is 1.97 bits per heavy atom. The molecule has 0 bridgehead atoms.